The van der Waals surface area contributed by atoms with Crippen LogP contribution in [0, 0.1) is 5.92 Å². The fraction of sp³-hybridized carbons (Fsp3) is 0.667. The molecule has 0 aromatic carbocycles. The molecule has 15 heavy (non-hydrogen) atoms. The monoisotopic (exact) mass is 211 g/mol. The maximum Gasteiger partial charge on any atom is 0.273 e. The molecule has 1 heterocycles. The Kier molecular flexibility index (Phi) is 4.23. The molecule has 0 aliphatic heterocycles. The van der Waals surface area contributed by atoms with Gasteiger partial charge in [-0.15, -0.1) is 0 Å². The lowest BCUT2D eigenvalue weighted by molar-refractivity contribution is 0.0928. The number of amides is 1. The summed E-state index contributed by atoms with van der Waals surface area (Å²) in [6, 6.07) is -0.00537. The van der Waals surface area contributed by atoms with Gasteiger partial charge in [0, 0.05) is 12.6 Å². The van der Waals surface area contributed by atoms with Crippen LogP contribution in [0.2, 0.25) is 0 Å². The maximum atomic E-state index is 11.6. The van der Waals surface area contributed by atoms with Crippen molar-refractivity contribution in [1.82, 2.24) is 20.7 Å². The molecular weight excluding hydrogens is 194 g/mol. The van der Waals surface area contributed by atoms with E-state index in [9.17, 15) is 4.79 Å². The molecule has 1 aromatic rings. The lowest BCUT2D eigenvalue weighted by atomic mass is 10.0. The molecule has 0 radical (unpaired) electrons. The number of aromatic amines is 1. The minimum Gasteiger partial charge on any atom is -0.347 e. The molecule has 84 valence electrons. The molecule has 1 amide bonds. The normalized spacial score (nSPS) is 12.8. The van der Waals surface area contributed by atoms with Crippen molar-refractivity contribution in [1.29, 1.82) is 0 Å². The molecule has 0 fully saturated rings. The van der Waals surface area contributed by atoms with E-state index in [0.717, 1.165) is 6.42 Å². The number of hydrogen-bond acceptors (Lipinski definition) is 4. The Morgan fingerprint density at radius 2 is 2.40 bits per heavy atom. The van der Waals surface area contributed by atoms with Gasteiger partial charge in [0.15, 0.2) is 5.69 Å². The van der Waals surface area contributed by atoms with Gasteiger partial charge in [-0.05, 0) is 12.3 Å². The maximum absolute atomic E-state index is 11.6. The Morgan fingerprint density at radius 3 is 2.87 bits per heavy atom. The number of aromatic nitrogens is 3. The zero-order chi connectivity index (χ0) is 11.3. The van der Waals surface area contributed by atoms with Crippen LogP contribution in [0.4, 0.5) is 0 Å². The highest BCUT2D eigenvalue weighted by atomic mass is 16.2. The number of hydrogen-bond donors (Lipinski definition) is 3. The quantitative estimate of drug-likeness (QED) is 0.634. The number of nitrogens with one attached hydrogen (secondary N) is 2. The van der Waals surface area contributed by atoms with E-state index in [0.29, 0.717) is 12.5 Å². The van der Waals surface area contributed by atoms with Gasteiger partial charge in [0.05, 0.1) is 6.20 Å². The molecule has 0 aliphatic rings. The molecule has 0 aliphatic carbocycles. The SMILES string of the molecule is CC(C)CC(CN)NC(=O)c1cn[nH]n1. The van der Waals surface area contributed by atoms with Crippen molar-refractivity contribution < 1.29 is 4.79 Å². The summed E-state index contributed by atoms with van der Waals surface area (Å²) < 4.78 is 0. The summed E-state index contributed by atoms with van der Waals surface area (Å²) in [5.74, 6) is 0.260. The molecule has 4 N–H and O–H groups in total. The second-order valence-electron chi connectivity index (χ2n) is 3.89. The van der Waals surface area contributed by atoms with E-state index in [1.807, 2.05) is 0 Å². The van der Waals surface area contributed by atoms with Crippen LogP contribution in [0.25, 0.3) is 0 Å². The van der Waals surface area contributed by atoms with Crippen molar-refractivity contribution in [3.63, 3.8) is 0 Å². The number of rotatable bonds is 5. The summed E-state index contributed by atoms with van der Waals surface area (Å²) in [5.41, 5.74) is 5.85. The average Bonchev–Trinajstić information content (AvgIpc) is 2.68. The van der Waals surface area contributed by atoms with Gasteiger partial charge in [0.1, 0.15) is 0 Å². The van der Waals surface area contributed by atoms with Crippen molar-refractivity contribution in [3.8, 4) is 0 Å². The van der Waals surface area contributed by atoms with Gasteiger partial charge in [0.2, 0.25) is 0 Å². The molecule has 0 spiro atoms. The van der Waals surface area contributed by atoms with Crippen molar-refractivity contribution >= 4 is 5.91 Å². The van der Waals surface area contributed by atoms with Crippen molar-refractivity contribution in [2.45, 2.75) is 26.3 Å². The Hall–Kier alpha value is -1.43. The van der Waals surface area contributed by atoms with E-state index in [4.69, 9.17) is 5.73 Å². The number of nitrogens with zero attached hydrogens (tertiary/aromatic N) is 2. The van der Waals surface area contributed by atoms with Gasteiger partial charge in [-0.25, -0.2) is 0 Å². The Balaban J connectivity index is 2.48. The van der Waals surface area contributed by atoms with Gasteiger partial charge >= 0.3 is 0 Å². The minimum absolute atomic E-state index is 0.00537. The number of H-pyrrole nitrogens is 1. The Morgan fingerprint density at radius 1 is 1.67 bits per heavy atom. The summed E-state index contributed by atoms with van der Waals surface area (Å²) in [7, 11) is 0. The van der Waals surface area contributed by atoms with Crippen molar-refractivity contribution in [3.05, 3.63) is 11.9 Å². The molecule has 6 nitrogen and oxygen atoms in total. The molecule has 1 aromatic heterocycles. The second kappa shape index (κ2) is 5.45. The summed E-state index contributed by atoms with van der Waals surface area (Å²) >= 11 is 0. The van der Waals surface area contributed by atoms with Gasteiger partial charge in [-0.3, -0.25) is 4.79 Å². The van der Waals surface area contributed by atoms with E-state index >= 15 is 0 Å². The standard InChI is InChI=1S/C9H17N5O/c1-6(2)3-7(4-10)12-9(15)8-5-11-14-13-8/h5-7H,3-4,10H2,1-2H3,(H,12,15)(H,11,13,14). The smallest absolute Gasteiger partial charge is 0.273 e. The largest absolute Gasteiger partial charge is 0.347 e. The number of carbonyl (C=O) groups is 1. The van der Waals surface area contributed by atoms with Crippen LogP contribution in [0.5, 0.6) is 0 Å². The molecule has 0 bridgehead atoms. The fourth-order valence-electron chi connectivity index (χ4n) is 1.35. The molecule has 1 rings (SSSR count). The Labute approximate surface area is 88.6 Å². The highest BCUT2D eigenvalue weighted by Gasteiger charge is 2.15. The van der Waals surface area contributed by atoms with Gasteiger partial charge in [-0.1, -0.05) is 13.8 Å². The van der Waals surface area contributed by atoms with Crippen LogP contribution >= 0.6 is 0 Å². The lowest BCUT2D eigenvalue weighted by Gasteiger charge is -2.17. The van der Waals surface area contributed by atoms with Crippen LogP contribution in [0.1, 0.15) is 30.8 Å². The third-order valence-corrected chi connectivity index (χ3v) is 2.02. The predicted molar refractivity (Wildman–Crippen MR) is 56.1 cm³/mol. The van der Waals surface area contributed by atoms with E-state index in [1.165, 1.54) is 6.20 Å². The van der Waals surface area contributed by atoms with Crippen LogP contribution in [-0.4, -0.2) is 33.9 Å². The first-order valence-electron chi connectivity index (χ1n) is 5.00. The van der Waals surface area contributed by atoms with Crippen LogP contribution in [0.15, 0.2) is 6.20 Å². The van der Waals surface area contributed by atoms with E-state index in [2.05, 4.69) is 34.6 Å². The first-order chi connectivity index (χ1) is 7.13. The van der Waals surface area contributed by atoms with Gasteiger partial charge in [-0.2, -0.15) is 15.4 Å². The van der Waals surface area contributed by atoms with Gasteiger partial charge < -0.3 is 11.1 Å². The zero-order valence-electron chi connectivity index (χ0n) is 9.03. The summed E-state index contributed by atoms with van der Waals surface area (Å²) in [6.45, 7) is 4.61. The van der Waals surface area contributed by atoms with Crippen LogP contribution < -0.4 is 11.1 Å². The van der Waals surface area contributed by atoms with E-state index in [1.54, 1.807) is 0 Å². The molecular formula is C9H17N5O. The summed E-state index contributed by atoms with van der Waals surface area (Å²) in [4.78, 5) is 11.6. The van der Waals surface area contributed by atoms with E-state index < -0.39 is 0 Å². The highest BCUT2D eigenvalue weighted by Crippen LogP contribution is 2.04. The molecule has 1 atom stereocenters. The van der Waals surface area contributed by atoms with Crippen molar-refractivity contribution in [2.75, 3.05) is 6.54 Å². The minimum atomic E-state index is -0.236. The predicted octanol–water partition coefficient (Wildman–Crippen LogP) is -0.0921. The van der Waals surface area contributed by atoms with Crippen LogP contribution in [-0.2, 0) is 0 Å². The molecule has 0 saturated carbocycles. The zero-order valence-corrected chi connectivity index (χ0v) is 9.03. The summed E-state index contributed by atoms with van der Waals surface area (Å²) in [6.07, 6.45) is 2.25. The Bertz CT molecular complexity index is 295. The molecule has 1 unspecified atom stereocenters. The summed E-state index contributed by atoms with van der Waals surface area (Å²) in [5, 5.41) is 12.5. The van der Waals surface area contributed by atoms with E-state index in [-0.39, 0.29) is 17.6 Å². The van der Waals surface area contributed by atoms with Crippen LogP contribution in [0.3, 0.4) is 0 Å². The second-order valence-corrected chi connectivity index (χ2v) is 3.89. The van der Waals surface area contributed by atoms with Gasteiger partial charge in [0.25, 0.3) is 5.91 Å². The number of nitrogens with two attached hydrogens (primary N) is 1. The molecule has 0 saturated heterocycles. The first-order valence-corrected chi connectivity index (χ1v) is 5.00. The topological polar surface area (TPSA) is 96.7 Å². The average molecular weight is 211 g/mol. The fourth-order valence-corrected chi connectivity index (χ4v) is 1.35. The molecule has 6 heteroatoms. The number of carbonyl (C=O) groups excluding carboxylic acids is 1. The highest BCUT2D eigenvalue weighted by molar-refractivity contribution is 5.91. The lowest BCUT2D eigenvalue weighted by Crippen LogP contribution is -2.41. The van der Waals surface area contributed by atoms with Crippen molar-refractivity contribution in [2.24, 2.45) is 11.7 Å². The third kappa shape index (κ3) is 3.67. The first kappa shape index (κ1) is 11.6. The third-order valence-electron chi connectivity index (χ3n) is 2.02.